The molecule has 3 amide bonds. The maximum atomic E-state index is 12.6. The quantitative estimate of drug-likeness (QED) is 0.849. The lowest BCUT2D eigenvalue weighted by Gasteiger charge is -2.28. The minimum atomic E-state index is -0.00281. The van der Waals surface area contributed by atoms with E-state index in [0.29, 0.717) is 19.0 Å². The number of hydrogen-bond acceptors (Lipinski definition) is 2. The second kappa shape index (κ2) is 7.66. The van der Waals surface area contributed by atoms with E-state index in [1.165, 1.54) is 19.3 Å². The van der Waals surface area contributed by atoms with Crippen LogP contribution in [0.3, 0.4) is 0 Å². The third-order valence-corrected chi connectivity index (χ3v) is 4.46. The molecule has 5 heteroatoms. The Morgan fingerprint density at radius 3 is 2.19 bits per heavy atom. The molecule has 2 aliphatic rings. The van der Waals surface area contributed by atoms with Crippen LogP contribution in [0.1, 0.15) is 52.4 Å². The first-order chi connectivity index (χ1) is 10.1. The van der Waals surface area contributed by atoms with E-state index in [1.54, 1.807) is 0 Å². The molecule has 1 aliphatic carbocycles. The lowest BCUT2D eigenvalue weighted by atomic mass is 9.88. The van der Waals surface area contributed by atoms with Crippen LogP contribution in [0.5, 0.6) is 0 Å². The number of nitrogens with zero attached hydrogens (tertiary/aromatic N) is 2. The molecule has 0 spiro atoms. The second-order valence-electron chi connectivity index (χ2n) is 6.61. The monoisotopic (exact) mass is 295 g/mol. The minimum Gasteiger partial charge on any atom is -0.341 e. The van der Waals surface area contributed by atoms with Gasteiger partial charge in [0.15, 0.2) is 0 Å². The summed E-state index contributed by atoms with van der Waals surface area (Å²) in [6, 6.07) is 0.151. The number of urea groups is 1. The van der Waals surface area contributed by atoms with Crippen molar-refractivity contribution >= 4 is 11.9 Å². The van der Waals surface area contributed by atoms with E-state index in [-0.39, 0.29) is 18.0 Å². The number of amides is 3. The van der Waals surface area contributed by atoms with Gasteiger partial charge in [-0.2, -0.15) is 0 Å². The summed E-state index contributed by atoms with van der Waals surface area (Å²) >= 11 is 0. The van der Waals surface area contributed by atoms with Crippen LogP contribution in [-0.2, 0) is 4.79 Å². The van der Waals surface area contributed by atoms with Gasteiger partial charge in [0.25, 0.3) is 0 Å². The lowest BCUT2D eigenvalue weighted by molar-refractivity contribution is -0.136. The average molecular weight is 295 g/mol. The molecule has 0 atom stereocenters. The fourth-order valence-corrected chi connectivity index (χ4v) is 3.29. The van der Waals surface area contributed by atoms with E-state index < -0.39 is 0 Å². The normalized spacial score (nSPS) is 21.3. The molecule has 0 aromatic rings. The van der Waals surface area contributed by atoms with E-state index in [0.717, 1.165) is 32.4 Å². The SMILES string of the molecule is CC(C)NC(=O)N1CCCN(C(=O)C2CCCCC2)CC1. The molecule has 2 fully saturated rings. The minimum absolute atomic E-state index is 0.00281. The molecule has 0 aromatic heterocycles. The number of carbonyl (C=O) groups is 2. The van der Waals surface area contributed by atoms with Crippen LogP contribution < -0.4 is 5.32 Å². The first kappa shape index (κ1) is 16.1. The van der Waals surface area contributed by atoms with Crippen LogP contribution in [-0.4, -0.2) is 54.0 Å². The molecular weight excluding hydrogens is 266 g/mol. The topological polar surface area (TPSA) is 52.7 Å². The van der Waals surface area contributed by atoms with E-state index in [4.69, 9.17) is 0 Å². The molecule has 5 nitrogen and oxygen atoms in total. The Kier molecular flexibility index (Phi) is 5.88. The smallest absolute Gasteiger partial charge is 0.317 e. The van der Waals surface area contributed by atoms with Crippen molar-refractivity contribution in [3.8, 4) is 0 Å². The molecule has 1 heterocycles. The zero-order valence-corrected chi connectivity index (χ0v) is 13.4. The van der Waals surface area contributed by atoms with E-state index in [1.807, 2.05) is 23.6 Å². The van der Waals surface area contributed by atoms with Gasteiger partial charge in [0, 0.05) is 38.1 Å². The Balaban J connectivity index is 1.85. The predicted molar refractivity (Wildman–Crippen MR) is 83.0 cm³/mol. The fraction of sp³-hybridized carbons (Fsp3) is 0.875. The Labute approximate surface area is 128 Å². The van der Waals surface area contributed by atoms with Crippen molar-refractivity contribution in [2.75, 3.05) is 26.2 Å². The highest BCUT2D eigenvalue weighted by Gasteiger charge is 2.28. The van der Waals surface area contributed by atoms with Crippen molar-refractivity contribution in [1.82, 2.24) is 15.1 Å². The van der Waals surface area contributed by atoms with Crippen LogP contribution in [0.25, 0.3) is 0 Å². The molecule has 1 aliphatic heterocycles. The zero-order chi connectivity index (χ0) is 15.2. The van der Waals surface area contributed by atoms with Crippen LogP contribution in [0.2, 0.25) is 0 Å². The fourth-order valence-electron chi connectivity index (χ4n) is 3.29. The largest absolute Gasteiger partial charge is 0.341 e. The van der Waals surface area contributed by atoms with Gasteiger partial charge < -0.3 is 15.1 Å². The van der Waals surface area contributed by atoms with Gasteiger partial charge in [-0.15, -0.1) is 0 Å². The molecule has 1 saturated carbocycles. The van der Waals surface area contributed by atoms with Gasteiger partial charge >= 0.3 is 6.03 Å². The van der Waals surface area contributed by atoms with Crippen molar-refractivity contribution in [1.29, 1.82) is 0 Å². The van der Waals surface area contributed by atoms with E-state index in [2.05, 4.69) is 5.32 Å². The van der Waals surface area contributed by atoms with Crippen LogP contribution in [0.4, 0.5) is 4.79 Å². The van der Waals surface area contributed by atoms with Crippen molar-refractivity contribution in [2.24, 2.45) is 5.92 Å². The highest BCUT2D eigenvalue weighted by molar-refractivity contribution is 5.79. The third-order valence-electron chi connectivity index (χ3n) is 4.46. The molecule has 1 N–H and O–H groups in total. The molecule has 0 aromatic carbocycles. The van der Waals surface area contributed by atoms with Crippen molar-refractivity contribution in [3.05, 3.63) is 0 Å². The maximum Gasteiger partial charge on any atom is 0.317 e. The second-order valence-corrected chi connectivity index (χ2v) is 6.61. The van der Waals surface area contributed by atoms with E-state index >= 15 is 0 Å². The van der Waals surface area contributed by atoms with Gasteiger partial charge in [0.2, 0.25) is 5.91 Å². The van der Waals surface area contributed by atoms with Crippen molar-refractivity contribution < 1.29 is 9.59 Å². The van der Waals surface area contributed by atoms with Crippen LogP contribution >= 0.6 is 0 Å². The van der Waals surface area contributed by atoms with Gasteiger partial charge in [-0.05, 0) is 33.1 Å². The predicted octanol–water partition coefficient (Wildman–Crippen LogP) is 2.22. The summed E-state index contributed by atoms with van der Waals surface area (Å²) in [5, 5.41) is 2.93. The number of rotatable bonds is 2. The van der Waals surface area contributed by atoms with Gasteiger partial charge in [0.1, 0.15) is 0 Å². The highest BCUT2D eigenvalue weighted by atomic mass is 16.2. The summed E-state index contributed by atoms with van der Waals surface area (Å²) in [6.45, 7) is 6.80. The molecule has 0 bridgehead atoms. The number of hydrogen-bond donors (Lipinski definition) is 1. The Hall–Kier alpha value is -1.26. The standard InChI is InChI=1S/C16H29N3O2/c1-13(2)17-16(21)19-10-6-9-18(11-12-19)15(20)14-7-4-3-5-8-14/h13-14H,3-12H2,1-2H3,(H,17,21). The molecule has 21 heavy (non-hydrogen) atoms. The summed E-state index contributed by atoms with van der Waals surface area (Å²) in [5.74, 6) is 0.551. The van der Waals surface area contributed by atoms with Crippen LogP contribution in [0, 0.1) is 5.92 Å². The van der Waals surface area contributed by atoms with Crippen molar-refractivity contribution in [3.63, 3.8) is 0 Å². The Bertz CT molecular complexity index is 365. The summed E-state index contributed by atoms with van der Waals surface area (Å²) in [5.41, 5.74) is 0. The summed E-state index contributed by atoms with van der Waals surface area (Å²) in [7, 11) is 0. The molecule has 2 rings (SSSR count). The molecule has 0 radical (unpaired) electrons. The van der Waals surface area contributed by atoms with Gasteiger partial charge in [-0.3, -0.25) is 4.79 Å². The number of carbonyl (C=O) groups excluding carboxylic acids is 2. The Morgan fingerprint density at radius 2 is 1.52 bits per heavy atom. The lowest BCUT2D eigenvalue weighted by Crippen LogP contribution is -2.45. The van der Waals surface area contributed by atoms with Gasteiger partial charge in [-0.1, -0.05) is 19.3 Å². The van der Waals surface area contributed by atoms with Crippen molar-refractivity contribution in [2.45, 2.75) is 58.4 Å². The first-order valence-corrected chi connectivity index (χ1v) is 8.42. The van der Waals surface area contributed by atoms with Crippen LogP contribution in [0.15, 0.2) is 0 Å². The number of nitrogens with one attached hydrogen (secondary N) is 1. The highest BCUT2D eigenvalue weighted by Crippen LogP contribution is 2.25. The molecule has 120 valence electrons. The molecule has 1 saturated heterocycles. The summed E-state index contributed by atoms with van der Waals surface area (Å²) in [6.07, 6.45) is 6.62. The molecular formula is C16H29N3O2. The Morgan fingerprint density at radius 1 is 0.905 bits per heavy atom. The third kappa shape index (κ3) is 4.61. The first-order valence-electron chi connectivity index (χ1n) is 8.42. The average Bonchev–Trinajstić information content (AvgIpc) is 2.72. The van der Waals surface area contributed by atoms with Gasteiger partial charge in [-0.25, -0.2) is 4.79 Å². The van der Waals surface area contributed by atoms with E-state index in [9.17, 15) is 9.59 Å². The zero-order valence-electron chi connectivity index (χ0n) is 13.4. The van der Waals surface area contributed by atoms with Gasteiger partial charge in [0.05, 0.1) is 0 Å². The summed E-state index contributed by atoms with van der Waals surface area (Å²) < 4.78 is 0. The summed E-state index contributed by atoms with van der Waals surface area (Å²) in [4.78, 5) is 28.4. The molecule has 0 unspecified atom stereocenters. The maximum absolute atomic E-state index is 12.6.